The van der Waals surface area contributed by atoms with Gasteiger partial charge in [0.2, 0.25) is 0 Å². The molecule has 0 radical (unpaired) electrons. The minimum absolute atomic E-state index is 0.117. The van der Waals surface area contributed by atoms with Gasteiger partial charge in [-0.05, 0) is 42.2 Å². The molecule has 2 aromatic carbocycles. The van der Waals surface area contributed by atoms with Crippen molar-refractivity contribution in [1.29, 1.82) is 0 Å². The second-order valence-corrected chi connectivity index (χ2v) is 6.23. The number of halogens is 3. The summed E-state index contributed by atoms with van der Waals surface area (Å²) in [6, 6.07) is 13.1. The highest BCUT2D eigenvalue weighted by Gasteiger charge is 2.12. The summed E-state index contributed by atoms with van der Waals surface area (Å²) in [5, 5.41) is 0. The first-order valence-electron chi connectivity index (χ1n) is 5.71. The molecule has 0 saturated heterocycles. The molecule has 3 heteroatoms. The number of aryl methyl sites for hydroxylation is 1. The quantitative estimate of drug-likeness (QED) is 0.618. The first kappa shape index (κ1) is 13.8. The molecule has 0 spiro atoms. The lowest BCUT2D eigenvalue weighted by Crippen LogP contribution is -1.98. The van der Waals surface area contributed by atoms with E-state index in [4.69, 9.17) is 0 Å². The molecule has 0 aliphatic rings. The predicted octanol–water partition coefficient (Wildman–Crippen LogP) is 5.58. The van der Waals surface area contributed by atoms with Crippen molar-refractivity contribution in [1.82, 2.24) is 0 Å². The van der Waals surface area contributed by atoms with Crippen molar-refractivity contribution in [2.24, 2.45) is 0 Å². The molecule has 2 aromatic rings. The molecule has 0 bridgehead atoms. The third-order valence-corrected chi connectivity index (χ3v) is 4.62. The van der Waals surface area contributed by atoms with E-state index in [-0.39, 0.29) is 10.6 Å². The molecule has 94 valence electrons. The van der Waals surface area contributed by atoms with Crippen molar-refractivity contribution in [2.45, 2.75) is 18.2 Å². The van der Waals surface area contributed by atoms with Gasteiger partial charge in [-0.25, -0.2) is 4.39 Å². The molecule has 0 nitrogen and oxygen atoms in total. The molecule has 0 aliphatic carbocycles. The van der Waals surface area contributed by atoms with Gasteiger partial charge in [-0.1, -0.05) is 62.2 Å². The Labute approximate surface area is 123 Å². The summed E-state index contributed by atoms with van der Waals surface area (Å²) in [7, 11) is 0. The zero-order chi connectivity index (χ0) is 13.1. The fraction of sp³-hybridized carbons (Fsp3) is 0.200. The second-order valence-electron chi connectivity index (χ2n) is 4.27. The number of benzene rings is 2. The van der Waals surface area contributed by atoms with E-state index in [1.165, 1.54) is 11.6 Å². The van der Waals surface area contributed by atoms with Crippen molar-refractivity contribution in [2.75, 3.05) is 0 Å². The molecule has 0 saturated carbocycles. The summed E-state index contributed by atoms with van der Waals surface area (Å²) < 4.78 is 14.7. The maximum Gasteiger partial charge on any atom is 0.126 e. The van der Waals surface area contributed by atoms with Crippen LogP contribution in [0.1, 0.15) is 21.5 Å². The molecule has 2 rings (SSSR count). The van der Waals surface area contributed by atoms with Crippen LogP contribution in [-0.4, -0.2) is 0 Å². The lowest BCUT2D eigenvalue weighted by Gasteiger charge is -2.12. The van der Waals surface area contributed by atoms with Gasteiger partial charge < -0.3 is 0 Å². The van der Waals surface area contributed by atoms with Crippen LogP contribution in [0.3, 0.4) is 0 Å². The zero-order valence-electron chi connectivity index (χ0n) is 9.96. The van der Waals surface area contributed by atoms with Crippen LogP contribution in [0, 0.1) is 12.7 Å². The lowest BCUT2D eigenvalue weighted by molar-refractivity contribution is 0.608. The normalized spacial score (nSPS) is 12.4. The van der Waals surface area contributed by atoms with Gasteiger partial charge in [0.25, 0.3) is 0 Å². The highest BCUT2D eigenvalue weighted by atomic mass is 79.9. The average molecular weight is 372 g/mol. The number of hydrogen-bond acceptors (Lipinski definition) is 0. The number of alkyl halides is 1. The van der Waals surface area contributed by atoms with Crippen LogP contribution in [0.4, 0.5) is 4.39 Å². The van der Waals surface area contributed by atoms with Crippen molar-refractivity contribution in [3.05, 3.63) is 69.4 Å². The zero-order valence-corrected chi connectivity index (χ0v) is 13.1. The molecular formula is C15H13Br2F. The predicted molar refractivity (Wildman–Crippen MR) is 80.7 cm³/mol. The van der Waals surface area contributed by atoms with Crippen LogP contribution in [-0.2, 0) is 6.42 Å². The standard InChI is InChI=1S/C15H13Br2F/c1-10-6-7-11(8-13(10)16)14(17)9-12-4-2-3-5-15(12)18/h2-8,14H,9H2,1H3. The molecule has 1 atom stereocenters. The Morgan fingerprint density at radius 3 is 2.56 bits per heavy atom. The summed E-state index contributed by atoms with van der Waals surface area (Å²) in [6.07, 6.45) is 0.641. The second kappa shape index (κ2) is 5.98. The Morgan fingerprint density at radius 1 is 1.17 bits per heavy atom. The Balaban J connectivity index is 2.19. The van der Waals surface area contributed by atoms with Crippen LogP contribution < -0.4 is 0 Å². The third-order valence-electron chi connectivity index (χ3n) is 2.91. The minimum Gasteiger partial charge on any atom is -0.207 e. The van der Waals surface area contributed by atoms with Gasteiger partial charge in [0, 0.05) is 9.30 Å². The van der Waals surface area contributed by atoms with Gasteiger partial charge in [-0.2, -0.15) is 0 Å². The van der Waals surface area contributed by atoms with Crippen LogP contribution in [0.5, 0.6) is 0 Å². The van der Waals surface area contributed by atoms with Gasteiger partial charge in [0.15, 0.2) is 0 Å². The van der Waals surface area contributed by atoms with Gasteiger partial charge >= 0.3 is 0 Å². The van der Waals surface area contributed by atoms with E-state index in [0.29, 0.717) is 6.42 Å². The first-order valence-corrected chi connectivity index (χ1v) is 7.42. The van der Waals surface area contributed by atoms with Crippen molar-refractivity contribution < 1.29 is 4.39 Å². The minimum atomic E-state index is -0.145. The molecule has 1 unspecified atom stereocenters. The Bertz CT molecular complexity index is 552. The van der Waals surface area contributed by atoms with E-state index in [2.05, 4.69) is 50.1 Å². The average Bonchev–Trinajstić information content (AvgIpc) is 2.35. The Kier molecular flexibility index (Phi) is 4.57. The molecule has 0 aromatic heterocycles. The van der Waals surface area contributed by atoms with Gasteiger partial charge in [0.05, 0.1) is 0 Å². The lowest BCUT2D eigenvalue weighted by atomic mass is 10.0. The van der Waals surface area contributed by atoms with E-state index in [1.807, 2.05) is 19.1 Å². The van der Waals surface area contributed by atoms with E-state index >= 15 is 0 Å². The SMILES string of the molecule is Cc1ccc(C(Br)Cc2ccccc2F)cc1Br. The van der Waals surface area contributed by atoms with Crippen LogP contribution >= 0.6 is 31.9 Å². The van der Waals surface area contributed by atoms with E-state index in [9.17, 15) is 4.39 Å². The topological polar surface area (TPSA) is 0 Å². The molecule has 0 amide bonds. The Hall–Kier alpha value is -0.670. The van der Waals surface area contributed by atoms with Crippen molar-refractivity contribution in [3.63, 3.8) is 0 Å². The summed E-state index contributed by atoms with van der Waals surface area (Å²) in [5.41, 5.74) is 3.08. The smallest absolute Gasteiger partial charge is 0.126 e. The summed E-state index contributed by atoms with van der Waals surface area (Å²) in [5.74, 6) is -0.145. The van der Waals surface area contributed by atoms with E-state index < -0.39 is 0 Å². The molecule has 18 heavy (non-hydrogen) atoms. The fourth-order valence-electron chi connectivity index (χ4n) is 1.78. The summed E-state index contributed by atoms with van der Waals surface area (Å²) in [6.45, 7) is 2.05. The van der Waals surface area contributed by atoms with Crippen molar-refractivity contribution in [3.8, 4) is 0 Å². The summed E-state index contributed by atoms with van der Waals surface area (Å²) in [4.78, 5) is 0.117. The van der Waals surface area contributed by atoms with Gasteiger partial charge in [0.1, 0.15) is 5.82 Å². The number of hydrogen-bond donors (Lipinski definition) is 0. The monoisotopic (exact) mass is 370 g/mol. The maximum absolute atomic E-state index is 13.6. The highest BCUT2D eigenvalue weighted by molar-refractivity contribution is 9.10. The summed E-state index contributed by atoms with van der Waals surface area (Å²) >= 11 is 7.15. The van der Waals surface area contributed by atoms with Crippen molar-refractivity contribution >= 4 is 31.9 Å². The van der Waals surface area contributed by atoms with Crippen LogP contribution in [0.2, 0.25) is 0 Å². The largest absolute Gasteiger partial charge is 0.207 e. The third kappa shape index (κ3) is 3.21. The van der Waals surface area contributed by atoms with Gasteiger partial charge in [-0.3, -0.25) is 0 Å². The van der Waals surface area contributed by atoms with Crippen LogP contribution in [0.25, 0.3) is 0 Å². The molecule has 0 aliphatic heterocycles. The Morgan fingerprint density at radius 2 is 1.89 bits per heavy atom. The van der Waals surface area contributed by atoms with Crippen LogP contribution in [0.15, 0.2) is 46.9 Å². The van der Waals surface area contributed by atoms with E-state index in [0.717, 1.165) is 15.6 Å². The maximum atomic E-state index is 13.6. The first-order chi connectivity index (χ1) is 8.58. The fourth-order valence-corrected chi connectivity index (χ4v) is 2.81. The highest BCUT2D eigenvalue weighted by Crippen LogP contribution is 2.30. The van der Waals surface area contributed by atoms with Gasteiger partial charge in [-0.15, -0.1) is 0 Å². The van der Waals surface area contributed by atoms with E-state index in [1.54, 1.807) is 6.07 Å². The molecule has 0 heterocycles. The molecular weight excluding hydrogens is 359 g/mol. The molecule has 0 N–H and O–H groups in total. The number of rotatable bonds is 3. The molecule has 0 fully saturated rings.